The fraction of sp³-hybridized carbons (Fsp3) is 0.917. The summed E-state index contributed by atoms with van der Waals surface area (Å²) in [6, 6.07) is 0.185. The highest BCUT2D eigenvalue weighted by molar-refractivity contribution is 5.76. The van der Waals surface area contributed by atoms with Crippen molar-refractivity contribution in [3.8, 4) is 0 Å². The molecule has 16 heavy (non-hydrogen) atoms. The molecule has 2 unspecified atom stereocenters. The Morgan fingerprint density at radius 1 is 1.56 bits per heavy atom. The van der Waals surface area contributed by atoms with Crippen LogP contribution in [0.15, 0.2) is 0 Å². The zero-order chi connectivity index (χ0) is 11.8. The molecule has 3 N–H and O–H groups in total. The molecule has 0 spiro atoms. The van der Waals surface area contributed by atoms with Gasteiger partial charge in [0.1, 0.15) is 0 Å². The summed E-state index contributed by atoms with van der Waals surface area (Å²) in [5.74, 6) is 0.120. The van der Waals surface area contributed by atoms with Gasteiger partial charge in [-0.1, -0.05) is 0 Å². The zero-order valence-electron chi connectivity index (χ0n) is 10.2. The van der Waals surface area contributed by atoms with Crippen LogP contribution in [0.5, 0.6) is 0 Å². The monoisotopic (exact) mass is 228 g/mol. The second kappa shape index (κ2) is 7.63. The molecule has 0 aromatic rings. The normalized spacial score (nSPS) is 22.8. The van der Waals surface area contributed by atoms with Gasteiger partial charge in [0.15, 0.2) is 0 Å². The molecule has 1 aliphatic heterocycles. The molecule has 94 valence electrons. The van der Waals surface area contributed by atoms with Gasteiger partial charge in [-0.2, -0.15) is 0 Å². The molecule has 4 heteroatoms. The van der Waals surface area contributed by atoms with Gasteiger partial charge < -0.3 is 15.8 Å². The van der Waals surface area contributed by atoms with E-state index in [9.17, 15) is 4.79 Å². The van der Waals surface area contributed by atoms with Gasteiger partial charge in [0.2, 0.25) is 5.91 Å². The lowest BCUT2D eigenvalue weighted by Crippen LogP contribution is -2.34. The molecule has 0 saturated carbocycles. The molecule has 1 saturated heterocycles. The van der Waals surface area contributed by atoms with Crippen molar-refractivity contribution in [1.82, 2.24) is 5.32 Å². The molecule has 0 radical (unpaired) electrons. The minimum Gasteiger partial charge on any atom is -0.378 e. The Morgan fingerprint density at radius 2 is 2.38 bits per heavy atom. The average molecular weight is 228 g/mol. The first-order chi connectivity index (χ1) is 7.72. The molecule has 1 fully saturated rings. The van der Waals surface area contributed by atoms with E-state index in [2.05, 4.69) is 5.32 Å². The van der Waals surface area contributed by atoms with Crippen molar-refractivity contribution in [2.24, 2.45) is 5.73 Å². The van der Waals surface area contributed by atoms with Crippen LogP contribution in [0, 0.1) is 0 Å². The van der Waals surface area contributed by atoms with E-state index in [4.69, 9.17) is 10.5 Å². The molecular weight excluding hydrogens is 204 g/mol. The third kappa shape index (κ3) is 5.47. The van der Waals surface area contributed by atoms with Crippen LogP contribution in [0.1, 0.15) is 45.4 Å². The van der Waals surface area contributed by atoms with Gasteiger partial charge in [-0.3, -0.25) is 4.79 Å². The van der Waals surface area contributed by atoms with Crippen LogP contribution in [0.3, 0.4) is 0 Å². The number of hydrogen-bond acceptors (Lipinski definition) is 3. The van der Waals surface area contributed by atoms with Crippen LogP contribution in [0.4, 0.5) is 0 Å². The van der Waals surface area contributed by atoms with E-state index >= 15 is 0 Å². The highest BCUT2D eigenvalue weighted by atomic mass is 16.5. The Bertz CT molecular complexity index is 203. The van der Waals surface area contributed by atoms with E-state index in [1.807, 2.05) is 6.92 Å². The van der Waals surface area contributed by atoms with Crippen molar-refractivity contribution in [2.75, 3.05) is 13.2 Å². The Labute approximate surface area is 97.9 Å². The summed E-state index contributed by atoms with van der Waals surface area (Å²) in [7, 11) is 0. The lowest BCUT2D eigenvalue weighted by Gasteiger charge is -2.22. The van der Waals surface area contributed by atoms with Gasteiger partial charge in [-0.25, -0.2) is 0 Å². The number of hydrogen-bond donors (Lipinski definition) is 2. The van der Waals surface area contributed by atoms with E-state index in [1.165, 1.54) is 6.42 Å². The standard InChI is InChI=1S/C12H24N2O2/c1-10(7-8-13)14-12(15)6-5-11-4-2-3-9-16-11/h10-11H,2-9,13H2,1H3,(H,14,15). The highest BCUT2D eigenvalue weighted by Crippen LogP contribution is 2.16. The van der Waals surface area contributed by atoms with Crippen molar-refractivity contribution in [2.45, 2.75) is 57.6 Å². The number of nitrogens with one attached hydrogen (secondary N) is 1. The topological polar surface area (TPSA) is 64.3 Å². The summed E-state index contributed by atoms with van der Waals surface area (Å²) < 4.78 is 5.58. The third-order valence-corrected chi connectivity index (χ3v) is 2.97. The molecule has 4 nitrogen and oxygen atoms in total. The minimum absolute atomic E-state index is 0.120. The molecule has 0 aromatic carbocycles. The van der Waals surface area contributed by atoms with E-state index in [-0.39, 0.29) is 11.9 Å². The Morgan fingerprint density at radius 3 is 3.00 bits per heavy atom. The number of carbonyl (C=O) groups is 1. The fourth-order valence-electron chi connectivity index (χ4n) is 2.00. The lowest BCUT2D eigenvalue weighted by molar-refractivity contribution is -0.122. The maximum absolute atomic E-state index is 11.6. The number of amides is 1. The first-order valence-electron chi connectivity index (χ1n) is 6.33. The second-order valence-corrected chi connectivity index (χ2v) is 4.57. The predicted octanol–water partition coefficient (Wildman–Crippen LogP) is 1.19. The largest absolute Gasteiger partial charge is 0.378 e. The molecule has 0 aliphatic carbocycles. The lowest BCUT2D eigenvalue weighted by atomic mass is 10.0. The van der Waals surface area contributed by atoms with Crippen LogP contribution >= 0.6 is 0 Å². The molecule has 1 amide bonds. The number of ether oxygens (including phenoxy) is 1. The highest BCUT2D eigenvalue weighted by Gasteiger charge is 2.15. The molecule has 1 aliphatic rings. The second-order valence-electron chi connectivity index (χ2n) is 4.57. The van der Waals surface area contributed by atoms with Crippen molar-refractivity contribution in [3.63, 3.8) is 0 Å². The van der Waals surface area contributed by atoms with E-state index < -0.39 is 0 Å². The van der Waals surface area contributed by atoms with Gasteiger partial charge in [-0.15, -0.1) is 0 Å². The molecule has 2 atom stereocenters. The predicted molar refractivity (Wildman–Crippen MR) is 64.1 cm³/mol. The van der Waals surface area contributed by atoms with Gasteiger partial charge in [0.25, 0.3) is 0 Å². The summed E-state index contributed by atoms with van der Waals surface area (Å²) in [6.07, 6.45) is 6.05. The first-order valence-corrected chi connectivity index (χ1v) is 6.33. The molecular formula is C12H24N2O2. The summed E-state index contributed by atoms with van der Waals surface area (Å²) in [4.78, 5) is 11.6. The Balaban J connectivity index is 2.09. The summed E-state index contributed by atoms with van der Waals surface area (Å²) in [5.41, 5.74) is 5.42. The SMILES string of the molecule is CC(CCN)NC(=O)CCC1CCCCO1. The van der Waals surface area contributed by atoms with Gasteiger partial charge in [0.05, 0.1) is 6.10 Å². The Hall–Kier alpha value is -0.610. The smallest absolute Gasteiger partial charge is 0.220 e. The quantitative estimate of drug-likeness (QED) is 0.717. The third-order valence-electron chi connectivity index (χ3n) is 2.97. The van der Waals surface area contributed by atoms with E-state index in [0.29, 0.717) is 19.1 Å². The van der Waals surface area contributed by atoms with Crippen molar-refractivity contribution < 1.29 is 9.53 Å². The summed E-state index contributed by atoms with van der Waals surface area (Å²) >= 11 is 0. The average Bonchev–Trinajstić information content (AvgIpc) is 2.28. The summed E-state index contributed by atoms with van der Waals surface area (Å²) in [6.45, 7) is 3.46. The van der Waals surface area contributed by atoms with Crippen LogP contribution in [-0.4, -0.2) is 31.2 Å². The molecule has 1 rings (SSSR count). The van der Waals surface area contributed by atoms with Crippen LogP contribution in [-0.2, 0) is 9.53 Å². The zero-order valence-corrected chi connectivity index (χ0v) is 10.2. The number of carbonyl (C=O) groups excluding carboxylic acids is 1. The fourth-order valence-corrected chi connectivity index (χ4v) is 2.00. The van der Waals surface area contributed by atoms with E-state index in [0.717, 1.165) is 32.3 Å². The van der Waals surface area contributed by atoms with Gasteiger partial charge in [0, 0.05) is 19.1 Å². The van der Waals surface area contributed by atoms with Gasteiger partial charge in [-0.05, 0) is 45.6 Å². The van der Waals surface area contributed by atoms with Crippen LogP contribution < -0.4 is 11.1 Å². The number of rotatable bonds is 6. The maximum atomic E-state index is 11.6. The molecule has 0 bridgehead atoms. The molecule has 0 aromatic heterocycles. The maximum Gasteiger partial charge on any atom is 0.220 e. The van der Waals surface area contributed by atoms with Crippen LogP contribution in [0.2, 0.25) is 0 Å². The van der Waals surface area contributed by atoms with Crippen molar-refractivity contribution in [3.05, 3.63) is 0 Å². The van der Waals surface area contributed by atoms with Crippen molar-refractivity contribution >= 4 is 5.91 Å². The van der Waals surface area contributed by atoms with Gasteiger partial charge >= 0.3 is 0 Å². The first kappa shape index (κ1) is 13.5. The van der Waals surface area contributed by atoms with Crippen molar-refractivity contribution in [1.29, 1.82) is 0 Å². The van der Waals surface area contributed by atoms with E-state index in [1.54, 1.807) is 0 Å². The van der Waals surface area contributed by atoms with Crippen LogP contribution in [0.25, 0.3) is 0 Å². The Kier molecular flexibility index (Phi) is 6.42. The summed E-state index contributed by atoms with van der Waals surface area (Å²) in [5, 5.41) is 2.95. The minimum atomic E-state index is 0.120. The molecule has 1 heterocycles. The number of nitrogens with two attached hydrogens (primary N) is 1.